The van der Waals surface area contributed by atoms with Crippen molar-refractivity contribution < 1.29 is 9.21 Å². The number of hydrogen-bond donors (Lipinski definition) is 1. The Balaban J connectivity index is 1.82. The Labute approximate surface area is 107 Å². The van der Waals surface area contributed by atoms with Gasteiger partial charge in [-0.3, -0.25) is 4.79 Å². The van der Waals surface area contributed by atoms with Crippen molar-refractivity contribution in [3.63, 3.8) is 0 Å². The second-order valence-electron chi connectivity index (χ2n) is 4.80. The van der Waals surface area contributed by atoms with Gasteiger partial charge in [-0.2, -0.15) is 4.98 Å². The smallest absolute Gasteiger partial charge is 0.292 e. The maximum atomic E-state index is 12.0. The third kappa shape index (κ3) is 3.03. The lowest BCUT2D eigenvalue weighted by Gasteiger charge is -2.25. The number of rotatable bonds is 5. The molecule has 0 aliphatic carbocycles. The zero-order valence-electron chi connectivity index (χ0n) is 10.9. The molecule has 1 aliphatic rings. The van der Waals surface area contributed by atoms with Crippen LogP contribution in [-0.2, 0) is 17.8 Å². The number of aromatic nitrogens is 1. The van der Waals surface area contributed by atoms with Crippen LogP contribution in [0.2, 0.25) is 0 Å². The first kappa shape index (κ1) is 12.9. The van der Waals surface area contributed by atoms with Gasteiger partial charge in [-0.25, -0.2) is 0 Å². The lowest BCUT2D eigenvalue weighted by molar-refractivity contribution is -0.132. The molecule has 1 aliphatic heterocycles. The van der Waals surface area contributed by atoms with E-state index in [2.05, 4.69) is 11.9 Å². The van der Waals surface area contributed by atoms with Gasteiger partial charge in [0.2, 0.25) is 5.91 Å². The van der Waals surface area contributed by atoms with Crippen molar-refractivity contribution >= 4 is 11.9 Å². The van der Waals surface area contributed by atoms with Crippen LogP contribution >= 0.6 is 0 Å². The van der Waals surface area contributed by atoms with E-state index in [1.807, 2.05) is 4.90 Å². The summed E-state index contributed by atoms with van der Waals surface area (Å²) in [5.74, 6) is 1.06. The molecular formula is C13H21N3O2. The van der Waals surface area contributed by atoms with Gasteiger partial charge in [0.1, 0.15) is 11.5 Å². The van der Waals surface area contributed by atoms with E-state index >= 15 is 0 Å². The fraction of sp³-hybridized carbons (Fsp3) is 0.692. The van der Waals surface area contributed by atoms with Crippen molar-refractivity contribution in [1.29, 1.82) is 0 Å². The molecule has 0 radical (unpaired) electrons. The Bertz CT molecular complexity index is 414. The van der Waals surface area contributed by atoms with Crippen LogP contribution < -0.4 is 5.73 Å². The zero-order chi connectivity index (χ0) is 13.0. The Morgan fingerprint density at radius 2 is 2.28 bits per heavy atom. The molecule has 0 saturated carbocycles. The van der Waals surface area contributed by atoms with Crippen LogP contribution in [0, 0.1) is 0 Å². The first-order valence-electron chi connectivity index (χ1n) is 6.72. The maximum Gasteiger partial charge on any atom is 0.292 e. The SMILES string of the molecule is CCCCCCC(=O)N1CCc2oc(N)nc2C1. The van der Waals surface area contributed by atoms with Crippen molar-refractivity contribution in [1.82, 2.24) is 9.88 Å². The number of unbranched alkanes of at least 4 members (excludes halogenated alkanes) is 3. The summed E-state index contributed by atoms with van der Waals surface area (Å²) in [5.41, 5.74) is 6.33. The van der Waals surface area contributed by atoms with Gasteiger partial charge in [-0.05, 0) is 6.42 Å². The summed E-state index contributed by atoms with van der Waals surface area (Å²) in [6.07, 6.45) is 5.88. The number of anilines is 1. The molecule has 1 amide bonds. The van der Waals surface area contributed by atoms with Gasteiger partial charge >= 0.3 is 0 Å². The fourth-order valence-corrected chi connectivity index (χ4v) is 2.29. The van der Waals surface area contributed by atoms with Gasteiger partial charge in [0, 0.05) is 19.4 Å². The number of nitrogens with two attached hydrogens (primary N) is 1. The molecule has 0 aromatic carbocycles. The van der Waals surface area contributed by atoms with Crippen molar-refractivity contribution in [2.24, 2.45) is 0 Å². The summed E-state index contributed by atoms with van der Waals surface area (Å²) in [4.78, 5) is 18.0. The molecule has 100 valence electrons. The van der Waals surface area contributed by atoms with E-state index < -0.39 is 0 Å². The molecule has 0 unspecified atom stereocenters. The fourth-order valence-electron chi connectivity index (χ4n) is 2.29. The molecule has 0 spiro atoms. The number of oxazole rings is 1. The quantitative estimate of drug-likeness (QED) is 0.813. The third-order valence-electron chi connectivity index (χ3n) is 3.34. The number of nitrogens with zero attached hydrogens (tertiary/aromatic N) is 2. The van der Waals surface area contributed by atoms with E-state index in [1.54, 1.807) is 0 Å². The highest BCUT2D eigenvalue weighted by molar-refractivity contribution is 5.76. The largest absolute Gasteiger partial charge is 0.428 e. The molecule has 2 heterocycles. The van der Waals surface area contributed by atoms with Gasteiger partial charge in [0.15, 0.2) is 0 Å². The highest BCUT2D eigenvalue weighted by Gasteiger charge is 2.24. The first-order valence-corrected chi connectivity index (χ1v) is 6.72. The molecule has 2 N–H and O–H groups in total. The predicted molar refractivity (Wildman–Crippen MR) is 68.8 cm³/mol. The second-order valence-corrected chi connectivity index (χ2v) is 4.80. The highest BCUT2D eigenvalue weighted by atomic mass is 16.4. The number of fused-ring (bicyclic) bond motifs is 1. The Hall–Kier alpha value is -1.52. The van der Waals surface area contributed by atoms with Gasteiger partial charge in [-0.1, -0.05) is 26.2 Å². The number of carbonyl (C=O) groups excluding carboxylic acids is 1. The summed E-state index contributed by atoms with van der Waals surface area (Å²) in [7, 11) is 0. The summed E-state index contributed by atoms with van der Waals surface area (Å²) in [6, 6.07) is 0.206. The normalized spacial score (nSPS) is 14.6. The van der Waals surface area contributed by atoms with E-state index in [0.717, 1.165) is 30.7 Å². The summed E-state index contributed by atoms with van der Waals surface area (Å²) >= 11 is 0. The number of hydrogen-bond acceptors (Lipinski definition) is 4. The average molecular weight is 251 g/mol. The molecular weight excluding hydrogens is 230 g/mol. The van der Waals surface area contributed by atoms with Crippen LogP contribution in [0.25, 0.3) is 0 Å². The maximum absolute atomic E-state index is 12.0. The van der Waals surface area contributed by atoms with E-state index in [9.17, 15) is 4.79 Å². The van der Waals surface area contributed by atoms with Gasteiger partial charge in [0.05, 0.1) is 6.54 Å². The van der Waals surface area contributed by atoms with Crippen LogP contribution in [0.1, 0.15) is 50.5 Å². The number of carbonyl (C=O) groups is 1. The molecule has 0 saturated heterocycles. The van der Waals surface area contributed by atoms with Crippen LogP contribution in [-0.4, -0.2) is 22.3 Å². The first-order chi connectivity index (χ1) is 8.70. The zero-order valence-corrected chi connectivity index (χ0v) is 10.9. The Morgan fingerprint density at radius 1 is 1.44 bits per heavy atom. The molecule has 1 aromatic heterocycles. The molecule has 1 aromatic rings. The number of amides is 1. The van der Waals surface area contributed by atoms with Gasteiger partial charge in [-0.15, -0.1) is 0 Å². The Kier molecular flexibility index (Phi) is 4.23. The monoisotopic (exact) mass is 251 g/mol. The highest BCUT2D eigenvalue weighted by Crippen LogP contribution is 2.21. The van der Waals surface area contributed by atoms with Crippen molar-refractivity contribution in [3.05, 3.63) is 11.5 Å². The number of nitrogen functional groups attached to an aromatic ring is 1. The summed E-state index contributed by atoms with van der Waals surface area (Å²) in [6.45, 7) is 3.43. The van der Waals surface area contributed by atoms with Crippen LogP contribution in [0.5, 0.6) is 0 Å². The van der Waals surface area contributed by atoms with Gasteiger partial charge in [0.25, 0.3) is 6.01 Å². The summed E-state index contributed by atoms with van der Waals surface area (Å²) < 4.78 is 5.28. The predicted octanol–water partition coefficient (Wildman–Crippen LogP) is 2.11. The van der Waals surface area contributed by atoms with E-state index in [4.69, 9.17) is 10.2 Å². The second kappa shape index (κ2) is 5.89. The van der Waals surface area contributed by atoms with E-state index in [0.29, 0.717) is 19.5 Å². The average Bonchev–Trinajstić information content (AvgIpc) is 2.73. The van der Waals surface area contributed by atoms with E-state index in [-0.39, 0.29) is 11.9 Å². The van der Waals surface area contributed by atoms with Crippen LogP contribution in [0.3, 0.4) is 0 Å². The molecule has 5 heteroatoms. The lowest BCUT2D eigenvalue weighted by atomic mass is 10.1. The molecule has 0 atom stereocenters. The minimum atomic E-state index is 0.206. The van der Waals surface area contributed by atoms with Crippen molar-refractivity contribution in [2.75, 3.05) is 12.3 Å². The van der Waals surface area contributed by atoms with Crippen molar-refractivity contribution in [3.8, 4) is 0 Å². The molecule has 2 rings (SSSR count). The van der Waals surface area contributed by atoms with Gasteiger partial charge < -0.3 is 15.1 Å². The minimum Gasteiger partial charge on any atom is -0.428 e. The lowest BCUT2D eigenvalue weighted by Crippen LogP contribution is -2.35. The molecule has 0 fully saturated rings. The standard InChI is InChI=1S/C13H21N3O2/c1-2-3-4-5-6-12(17)16-8-7-11-10(9-16)15-13(14)18-11/h2-9H2,1H3,(H2,14,15). The van der Waals surface area contributed by atoms with Crippen LogP contribution in [0.4, 0.5) is 6.01 Å². The molecule has 0 bridgehead atoms. The van der Waals surface area contributed by atoms with Crippen molar-refractivity contribution in [2.45, 2.75) is 52.0 Å². The third-order valence-corrected chi connectivity index (χ3v) is 3.34. The van der Waals surface area contributed by atoms with E-state index in [1.165, 1.54) is 12.8 Å². The summed E-state index contributed by atoms with van der Waals surface area (Å²) in [5, 5.41) is 0. The van der Waals surface area contributed by atoms with Crippen LogP contribution in [0.15, 0.2) is 4.42 Å². The molecule has 18 heavy (non-hydrogen) atoms. The topological polar surface area (TPSA) is 72.4 Å². The Morgan fingerprint density at radius 3 is 3.06 bits per heavy atom. The minimum absolute atomic E-state index is 0.206. The molecule has 5 nitrogen and oxygen atoms in total.